The van der Waals surface area contributed by atoms with E-state index in [1.807, 2.05) is 0 Å². The average molecular weight is 268 g/mol. The highest BCUT2D eigenvalue weighted by molar-refractivity contribution is 5.82. The van der Waals surface area contributed by atoms with E-state index in [0.717, 1.165) is 45.6 Å². The zero-order valence-electron chi connectivity index (χ0n) is 12.5. The van der Waals surface area contributed by atoms with Gasteiger partial charge in [0.1, 0.15) is 0 Å². The van der Waals surface area contributed by atoms with E-state index in [1.165, 1.54) is 0 Å². The van der Waals surface area contributed by atoms with Gasteiger partial charge in [0.25, 0.3) is 0 Å². The smallest absolute Gasteiger partial charge is 0.241 e. The van der Waals surface area contributed by atoms with Crippen molar-refractivity contribution in [3.8, 4) is 0 Å². The molecule has 0 spiro atoms. The molecule has 2 aliphatic heterocycles. The number of amides is 1. The second-order valence-electron chi connectivity index (χ2n) is 5.98. The molecule has 2 aliphatic rings. The normalized spacial score (nSPS) is 34.1. The molecular formula is C14H28N4O. The Kier molecular flexibility index (Phi) is 5.19. The van der Waals surface area contributed by atoms with Gasteiger partial charge in [-0.05, 0) is 33.4 Å². The Morgan fingerprint density at radius 3 is 2.68 bits per heavy atom. The first-order chi connectivity index (χ1) is 9.11. The van der Waals surface area contributed by atoms with E-state index in [2.05, 4.69) is 41.3 Å². The van der Waals surface area contributed by atoms with Crippen molar-refractivity contribution in [2.75, 3.05) is 39.8 Å². The van der Waals surface area contributed by atoms with E-state index in [9.17, 15) is 4.79 Å². The number of carbonyl (C=O) groups excluding carboxylic acids is 1. The minimum atomic E-state index is -0.0475. The van der Waals surface area contributed by atoms with Crippen LogP contribution >= 0.6 is 0 Å². The molecule has 110 valence electrons. The summed E-state index contributed by atoms with van der Waals surface area (Å²) in [6.07, 6.45) is 2.11. The van der Waals surface area contributed by atoms with Gasteiger partial charge in [0, 0.05) is 38.3 Å². The predicted molar refractivity (Wildman–Crippen MR) is 77.2 cm³/mol. The van der Waals surface area contributed by atoms with Crippen LogP contribution in [0.5, 0.6) is 0 Å². The lowest BCUT2D eigenvalue weighted by Crippen LogP contribution is -2.61. The van der Waals surface area contributed by atoms with Gasteiger partial charge in [0.05, 0.1) is 6.04 Å². The van der Waals surface area contributed by atoms with Crippen molar-refractivity contribution in [3.63, 3.8) is 0 Å². The topological polar surface area (TPSA) is 47.6 Å². The van der Waals surface area contributed by atoms with Crippen molar-refractivity contribution in [1.29, 1.82) is 0 Å². The number of hydrogen-bond donors (Lipinski definition) is 2. The quantitative estimate of drug-likeness (QED) is 0.733. The Morgan fingerprint density at radius 1 is 1.26 bits per heavy atom. The van der Waals surface area contributed by atoms with Crippen LogP contribution in [0.15, 0.2) is 0 Å². The highest BCUT2D eigenvalue weighted by Gasteiger charge is 2.32. The van der Waals surface area contributed by atoms with Gasteiger partial charge in [-0.15, -0.1) is 0 Å². The number of nitrogens with zero attached hydrogens (tertiary/aromatic N) is 2. The summed E-state index contributed by atoms with van der Waals surface area (Å²) in [6, 6.07) is 0.774. The van der Waals surface area contributed by atoms with Crippen LogP contribution < -0.4 is 10.6 Å². The van der Waals surface area contributed by atoms with Crippen molar-refractivity contribution in [1.82, 2.24) is 20.4 Å². The van der Waals surface area contributed by atoms with Crippen LogP contribution in [0.3, 0.4) is 0 Å². The first-order valence-electron chi connectivity index (χ1n) is 7.57. The molecule has 19 heavy (non-hydrogen) atoms. The zero-order valence-corrected chi connectivity index (χ0v) is 12.5. The lowest BCUT2D eigenvalue weighted by molar-refractivity contribution is -0.136. The molecule has 0 radical (unpaired) electrons. The van der Waals surface area contributed by atoms with E-state index in [0.29, 0.717) is 12.1 Å². The molecule has 2 saturated heterocycles. The lowest BCUT2D eigenvalue weighted by Gasteiger charge is -2.36. The Bertz CT molecular complexity index is 302. The van der Waals surface area contributed by atoms with E-state index >= 15 is 0 Å². The third kappa shape index (κ3) is 3.68. The van der Waals surface area contributed by atoms with Gasteiger partial charge in [-0.25, -0.2) is 0 Å². The number of piperazine rings is 1. The Morgan fingerprint density at radius 2 is 2.05 bits per heavy atom. The van der Waals surface area contributed by atoms with E-state index in [1.54, 1.807) is 0 Å². The lowest BCUT2D eigenvalue weighted by atomic mass is 10.1. The van der Waals surface area contributed by atoms with Crippen LogP contribution in [0.4, 0.5) is 0 Å². The molecule has 0 aromatic heterocycles. The van der Waals surface area contributed by atoms with E-state index in [-0.39, 0.29) is 11.9 Å². The maximum absolute atomic E-state index is 12.7. The number of nitrogens with one attached hydrogen (secondary N) is 2. The van der Waals surface area contributed by atoms with Gasteiger partial charge in [-0.1, -0.05) is 6.92 Å². The second kappa shape index (κ2) is 6.68. The standard InChI is InChI=1S/C14H28N4O/c1-4-12-10-17(3)6-5-7-18(12)14(19)13-9-15-11(2)8-16-13/h11-13,15-16H,4-10H2,1-3H3. The zero-order chi connectivity index (χ0) is 13.8. The first kappa shape index (κ1) is 14.8. The molecule has 2 fully saturated rings. The summed E-state index contributed by atoms with van der Waals surface area (Å²) in [4.78, 5) is 17.1. The Hall–Kier alpha value is -0.650. The summed E-state index contributed by atoms with van der Waals surface area (Å²) in [5.74, 6) is 0.279. The van der Waals surface area contributed by atoms with Gasteiger partial charge in [-0.3, -0.25) is 4.79 Å². The van der Waals surface area contributed by atoms with Crippen LogP contribution in [0.25, 0.3) is 0 Å². The summed E-state index contributed by atoms with van der Waals surface area (Å²) >= 11 is 0. The fourth-order valence-corrected chi connectivity index (χ4v) is 3.04. The molecule has 0 aromatic carbocycles. The summed E-state index contributed by atoms with van der Waals surface area (Å²) in [6.45, 7) is 8.94. The van der Waals surface area contributed by atoms with Crippen LogP contribution in [-0.2, 0) is 4.79 Å². The minimum absolute atomic E-state index is 0.0475. The van der Waals surface area contributed by atoms with E-state index in [4.69, 9.17) is 0 Å². The van der Waals surface area contributed by atoms with Gasteiger partial charge in [-0.2, -0.15) is 0 Å². The number of likely N-dealkylation sites (N-methyl/N-ethyl adjacent to an activating group) is 1. The maximum Gasteiger partial charge on any atom is 0.241 e. The van der Waals surface area contributed by atoms with Crippen LogP contribution in [0, 0.1) is 0 Å². The van der Waals surface area contributed by atoms with Crippen molar-refractivity contribution < 1.29 is 4.79 Å². The second-order valence-corrected chi connectivity index (χ2v) is 5.98. The molecule has 3 unspecified atom stereocenters. The molecule has 0 aromatic rings. The molecule has 2 N–H and O–H groups in total. The average Bonchev–Trinajstić information content (AvgIpc) is 2.60. The van der Waals surface area contributed by atoms with Crippen molar-refractivity contribution in [2.24, 2.45) is 0 Å². The molecule has 1 amide bonds. The van der Waals surface area contributed by atoms with Gasteiger partial charge in [0.15, 0.2) is 0 Å². The fraction of sp³-hybridized carbons (Fsp3) is 0.929. The highest BCUT2D eigenvalue weighted by atomic mass is 16.2. The van der Waals surface area contributed by atoms with Crippen molar-refractivity contribution in [2.45, 2.75) is 44.8 Å². The SMILES string of the molecule is CCC1CN(C)CCCN1C(=O)C1CNC(C)CN1. The largest absolute Gasteiger partial charge is 0.337 e. The maximum atomic E-state index is 12.7. The molecule has 0 bridgehead atoms. The number of hydrogen-bond acceptors (Lipinski definition) is 4. The van der Waals surface area contributed by atoms with Crippen molar-refractivity contribution >= 4 is 5.91 Å². The fourth-order valence-electron chi connectivity index (χ4n) is 3.04. The Balaban J connectivity index is 1.99. The molecule has 3 atom stereocenters. The highest BCUT2D eigenvalue weighted by Crippen LogP contribution is 2.14. The molecular weight excluding hydrogens is 240 g/mol. The summed E-state index contributed by atoms with van der Waals surface area (Å²) in [5, 5.41) is 6.76. The third-order valence-corrected chi connectivity index (χ3v) is 4.30. The molecule has 5 nitrogen and oxygen atoms in total. The van der Waals surface area contributed by atoms with Crippen LogP contribution in [-0.4, -0.2) is 73.6 Å². The van der Waals surface area contributed by atoms with Crippen molar-refractivity contribution in [3.05, 3.63) is 0 Å². The van der Waals surface area contributed by atoms with Crippen LogP contribution in [0.1, 0.15) is 26.7 Å². The molecule has 2 rings (SSSR count). The molecule has 5 heteroatoms. The molecule has 0 aliphatic carbocycles. The van der Waals surface area contributed by atoms with Crippen LogP contribution in [0.2, 0.25) is 0 Å². The summed E-state index contributed by atoms with van der Waals surface area (Å²) < 4.78 is 0. The van der Waals surface area contributed by atoms with Gasteiger partial charge in [0.2, 0.25) is 5.91 Å². The third-order valence-electron chi connectivity index (χ3n) is 4.30. The minimum Gasteiger partial charge on any atom is -0.337 e. The summed E-state index contributed by atoms with van der Waals surface area (Å²) in [7, 11) is 2.15. The summed E-state index contributed by atoms with van der Waals surface area (Å²) in [5.41, 5.74) is 0. The monoisotopic (exact) mass is 268 g/mol. The molecule has 0 saturated carbocycles. The predicted octanol–water partition coefficient (Wildman–Crippen LogP) is -0.121. The number of rotatable bonds is 2. The number of carbonyl (C=O) groups is 1. The van der Waals surface area contributed by atoms with Gasteiger partial charge >= 0.3 is 0 Å². The Labute approximate surface area is 116 Å². The first-order valence-corrected chi connectivity index (χ1v) is 7.57. The molecule has 2 heterocycles. The van der Waals surface area contributed by atoms with E-state index < -0.39 is 0 Å². The van der Waals surface area contributed by atoms with Gasteiger partial charge < -0.3 is 20.4 Å².